The number of benzene rings is 1. The molecule has 0 saturated carbocycles. The lowest BCUT2D eigenvalue weighted by molar-refractivity contribution is 0.197. The minimum Gasteiger partial charge on any atom is -0.459 e. The van der Waals surface area contributed by atoms with Gasteiger partial charge in [0.1, 0.15) is 6.10 Å². The van der Waals surface area contributed by atoms with E-state index in [2.05, 4.69) is 25.9 Å². The van der Waals surface area contributed by atoms with Crippen LogP contribution in [0, 0.1) is 0 Å². The van der Waals surface area contributed by atoms with E-state index in [9.17, 15) is 8.42 Å². The van der Waals surface area contributed by atoms with Gasteiger partial charge in [0.25, 0.3) is 0 Å². The molecule has 0 spiro atoms. The average Bonchev–Trinajstić information content (AvgIpc) is 3.00. The van der Waals surface area contributed by atoms with Crippen LogP contribution in [0.3, 0.4) is 0 Å². The van der Waals surface area contributed by atoms with E-state index in [1.165, 1.54) is 4.31 Å². The lowest BCUT2D eigenvalue weighted by Gasteiger charge is -2.16. The smallest absolute Gasteiger partial charge is 0.316 e. The summed E-state index contributed by atoms with van der Waals surface area (Å²) in [6, 6.07) is 8.67. The Morgan fingerprint density at radius 2 is 1.86 bits per heavy atom. The van der Waals surface area contributed by atoms with Gasteiger partial charge >= 0.3 is 6.01 Å². The van der Waals surface area contributed by atoms with E-state index >= 15 is 0 Å². The summed E-state index contributed by atoms with van der Waals surface area (Å²) in [4.78, 5) is 8.38. The second-order valence-electron chi connectivity index (χ2n) is 4.89. The van der Waals surface area contributed by atoms with Crippen molar-refractivity contribution in [1.29, 1.82) is 0 Å². The molecule has 2 aromatic rings. The van der Waals surface area contributed by atoms with Crippen LogP contribution >= 0.6 is 15.9 Å². The summed E-state index contributed by atoms with van der Waals surface area (Å²) in [6.45, 7) is 0.731. The molecular weight excluding hydrogens is 370 g/mol. The number of hydrogen-bond acceptors (Lipinski definition) is 5. The fraction of sp³-hybridized carbons (Fsp3) is 0.286. The molecule has 3 rings (SSSR count). The van der Waals surface area contributed by atoms with Gasteiger partial charge in [0.05, 0.1) is 15.9 Å². The Balaban J connectivity index is 1.68. The van der Waals surface area contributed by atoms with E-state index in [0.29, 0.717) is 24.4 Å². The van der Waals surface area contributed by atoms with Crippen LogP contribution in [0.2, 0.25) is 0 Å². The zero-order chi connectivity index (χ0) is 15.6. The summed E-state index contributed by atoms with van der Waals surface area (Å²) < 4.78 is 32.9. The monoisotopic (exact) mass is 383 g/mol. The van der Waals surface area contributed by atoms with Crippen molar-refractivity contribution in [3.63, 3.8) is 0 Å². The molecule has 2 heterocycles. The minimum atomic E-state index is -3.47. The molecule has 1 atom stereocenters. The summed E-state index contributed by atoms with van der Waals surface area (Å²) in [5, 5.41) is 0. The van der Waals surface area contributed by atoms with E-state index in [0.717, 1.165) is 4.47 Å². The zero-order valence-electron chi connectivity index (χ0n) is 11.6. The summed E-state index contributed by atoms with van der Waals surface area (Å²) in [5.41, 5.74) is 0. The number of aromatic nitrogens is 2. The van der Waals surface area contributed by atoms with E-state index in [1.807, 2.05) is 0 Å². The molecule has 0 amide bonds. The number of sulfonamides is 1. The first-order chi connectivity index (χ1) is 10.6. The fourth-order valence-corrected chi connectivity index (χ4v) is 3.98. The quantitative estimate of drug-likeness (QED) is 0.807. The van der Waals surface area contributed by atoms with Crippen LogP contribution < -0.4 is 4.74 Å². The molecule has 1 unspecified atom stereocenters. The van der Waals surface area contributed by atoms with Crippen LogP contribution in [0.1, 0.15) is 6.42 Å². The molecule has 0 N–H and O–H groups in total. The number of rotatable bonds is 4. The van der Waals surface area contributed by atoms with Crippen molar-refractivity contribution in [2.75, 3.05) is 13.1 Å². The molecule has 1 saturated heterocycles. The van der Waals surface area contributed by atoms with E-state index in [1.54, 1.807) is 42.7 Å². The van der Waals surface area contributed by atoms with E-state index in [4.69, 9.17) is 4.74 Å². The van der Waals surface area contributed by atoms with Gasteiger partial charge < -0.3 is 4.74 Å². The van der Waals surface area contributed by atoms with Gasteiger partial charge in [-0.05, 0) is 34.5 Å². The van der Waals surface area contributed by atoms with Gasteiger partial charge in [-0.1, -0.05) is 18.2 Å². The first-order valence-electron chi connectivity index (χ1n) is 6.75. The largest absolute Gasteiger partial charge is 0.459 e. The second kappa shape index (κ2) is 6.31. The van der Waals surface area contributed by atoms with Crippen molar-refractivity contribution in [2.45, 2.75) is 17.4 Å². The van der Waals surface area contributed by atoms with Crippen molar-refractivity contribution in [3.8, 4) is 6.01 Å². The molecule has 1 fully saturated rings. The SMILES string of the molecule is O=S(=O)(c1ccccc1)N1CCC(Oc2ncc(Br)cn2)C1. The normalized spacial score (nSPS) is 19.2. The van der Waals surface area contributed by atoms with Crippen molar-refractivity contribution in [1.82, 2.24) is 14.3 Å². The Labute approximate surface area is 137 Å². The summed E-state index contributed by atoms with van der Waals surface area (Å²) in [6.07, 6.45) is 3.57. The predicted molar refractivity (Wildman–Crippen MR) is 84.0 cm³/mol. The Morgan fingerprint density at radius 3 is 2.55 bits per heavy atom. The Hall–Kier alpha value is -1.51. The van der Waals surface area contributed by atoms with Crippen LogP contribution in [-0.2, 0) is 10.0 Å². The van der Waals surface area contributed by atoms with Gasteiger partial charge in [-0.15, -0.1) is 0 Å². The first kappa shape index (κ1) is 15.4. The van der Waals surface area contributed by atoms with Crippen LogP contribution in [0.5, 0.6) is 6.01 Å². The van der Waals surface area contributed by atoms with E-state index < -0.39 is 10.0 Å². The maximum Gasteiger partial charge on any atom is 0.316 e. The molecule has 1 aliphatic heterocycles. The Morgan fingerprint density at radius 1 is 1.18 bits per heavy atom. The molecule has 0 radical (unpaired) electrons. The van der Waals surface area contributed by atoms with Gasteiger partial charge in [-0.2, -0.15) is 4.31 Å². The highest BCUT2D eigenvalue weighted by Gasteiger charge is 2.33. The lowest BCUT2D eigenvalue weighted by Crippen LogP contribution is -2.31. The molecule has 8 heteroatoms. The van der Waals surface area contributed by atoms with Crippen molar-refractivity contribution in [3.05, 3.63) is 47.2 Å². The van der Waals surface area contributed by atoms with Gasteiger partial charge in [-0.3, -0.25) is 0 Å². The third-order valence-electron chi connectivity index (χ3n) is 3.36. The minimum absolute atomic E-state index is 0.236. The highest BCUT2D eigenvalue weighted by molar-refractivity contribution is 9.10. The highest BCUT2D eigenvalue weighted by atomic mass is 79.9. The molecule has 6 nitrogen and oxygen atoms in total. The maximum atomic E-state index is 12.5. The molecular formula is C14H14BrN3O3S. The van der Waals surface area contributed by atoms with Crippen molar-refractivity contribution in [2.24, 2.45) is 0 Å². The van der Waals surface area contributed by atoms with Crippen LogP contribution in [0.25, 0.3) is 0 Å². The lowest BCUT2D eigenvalue weighted by atomic mass is 10.3. The standard InChI is InChI=1S/C14H14BrN3O3S/c15-11-8-16-14(17-9-11)21-12-6-7-18(10-12)22(19,20)13-4-2-1-3-5-13/h1-5,8-9,12H,6-7,10H2. The second-order valence-corrected chi connectivity index (χ2v) is 7.74. The summed E-state index contributed by atoms with van der Waals surface area (Å²) in [5.74, 6) is 0. The van der Waals surface area contributed by atoms with Crippen LogP contribution in [-0.4, -0.2) is 41.9 Å². The first-order valence-corrected chi connectivity index (χ1v) is 8.98. The van der Waals surface area contributed by atoms with Crippen LogP contribution in [0.4, 0.5) is 0 Å². The third-order valence-corrected chi connectivity index (χ3v) is 5.65. The average molecular weight is 384 g/mol. The molecule has 1 aromatic carbocycles. The summed E-state index contributed by atoms with van der Waals surface area (Å²) >= 11 is 3.25. The zero-order valence-corrected chi connectivity index (χ0v) is 14.0. The predicted octanol–water partition coefficient (Wildman–Crippen LogP) is 2.08. The van der Waals surface area contributed by atoms with Crippen LogP contribution in [0.15, 0.2) is 52.1 Å². The van der Waals surface area contributed by atoms with Gasteiger partial charge in [0.2, 0.25) is 10.0 Å². The topological polar surface area (TPSA) is 72.4 Å². The highest BCUT2D eigenvalue weighted by Crippen LogP contribution is 2.23. The molecule has 1 aliphatic rings. The van der Waals surface area contributed by atoms with Gasteiger partial charge in [-0.25, -0.2) is 18.4 Å². The molecule has 0 bridgehead atoms. The Bertz CT molecular complexity index is 738. The fourth-order valence-electron chi connectivity index (χ4n) is 2.26. The number of halogens is 1. The van der Waals surface area contributed by atoms with Gasteiger partial charge in [0, 0.05) is 18.9 Å². The molecule has 116 valence electrons. The Kier molecular flexibility index (Phi) is 4.42. The maximum absolute atomic E-state index is 12.5. The van der Waals surface area contributed by atoms with Crippen molar-refractivity contribution < 1.29 is 13.2 Å². The number of ether oxygens (including phenoxy) is 1. The molecule has 0 aliphatic carbocycles. The molecule has 1 aromatic heterocycles. The van der Waals surface area contributed by atoms with E-state index in [-0.39, 0.29) is 12.1 Å². The number of nitrogens with zero attached hydrogens (tertiary/aromatic N) is 3. The summed E-state index contributed by atoms with van der Waals surface area (Å²) in [7, 11) is -3.47. The molecule has 22 heavy (non-hydrogen) atoms. The third kappa shape index (κ3) is 3.29. The van der Waals surface area contributed by atoms with Gasteiger partial charge in [0.15, 0.2) is 0 Å². The van der Waals surface area contributed by atoms with Crippen molar-refractivity contribution >= 4 is 26.0 Å². The number of hydrogen-bond donors (Lipinski definition) is 0.